The van der Waals surface area contributed by atoms with Crippen molar-refractivity contribution < 1.29 is 9.53 Å². The first-order valence-corrected chi connectivity index (χ1v) is 9.64. The third-order valence-electron chi connectivity index (χ3n) is 5.25. The highest BCUT2D eigenvalue weighted by Crippen LogP contribution is 2.18. The van der Waals surface area contributed by atoms with Crippen molar-refractivity contribution >= 4 is 11.6 Å². The number of carbonyl (C=O) groups is 1. The van der Waals surface area contributed by atoms with Crippen LogP contribution in [0.25, 0.3) is 0 Å². The SMILES string of the molecule is O=C(c1cc(N2CCOCC2)ccn1)N1CCN(Cc2ccccc2)CC1. The van der Waals surface area contributed by atoms with Gasteiger partial charge in [-0.2, -0.15) is 0 Å². The molecule has 0 atom stereocenters. The monoisotopic (exact) mass is 366 g/mol. The summed E-state index contributed by atoms with van der Waals surface area (Å²) in [6, 6.07) is 14.4. The molecule has 6 nitrogen and oxygen atoms in total. The molecule has 0 aliphatic carbocycles. The molecule has 0 radical (unpaired) electrons. The number of anilines is 1. The van der Waals surface area contributed by atoms with Crippen molar-refractivity contribution in [3.05, 3.63) is 59.9 Å². The van der Waals surface area contributed by atoms with Gasteiger partial charge < -0.3 is 14.5 Å². The van der Waals surface area contributed by atoms with Crippen molar-refractivity contribution in [2.75, 3.05) is 57.4 Å². The second kappa shape index (κ2) is 8.50. The van der Waals surface area contributed by atoms with Crippen LogP contribution in [-0.2, 0) is 11.3 Å². The summed E-state index contributed by atoms with van der Waals surface area (Å²) in [5, 5.41) is 0. The molecule has 0 bridgehead atoms. The number of ether oxygens (including phenoxy) is 1. The predicted molar refractivity (Wildman–Crippen MR) is 105 cm³/mol. The minimum atomic E-state index is 0.0319. The Labute approximate surface area is 160 Å². The molecule has 0 saturated carbocycles. The Kier molecular flexibility index (Phi) is 5.65. The number of rotatable bonds is 4. The van der Waals surface area contributed by atoms with Gasteiger partial charge in [-0.15, -0.1) is 0 Å². The summed E-state index contributed by atoms with van der Waals surface area (Å²) in [6.07, 6.45) is 1.74. The van der Waals surface area contributed by atoms with Gasteiger partial charge in [-0.3, -0.25) is 14.7 Å². The zero-order valence-electron chi connectivity index (χ0n) is 15.6. The topological polar surface area (TPSA) is 48.9 Å². The van der Waals surface area contributed by atoms with Gasteiger partial charge in [0.1, 0.15) is 5.69 Å². The molecule has 1 amide bonds. The highest BCUT2D eigenvalue weighted by Gasteiger charge is 2.23. The standard InChI is InChI=1S/C21H26N4O2/c26-21(20-16-19(6-7-22-20)24-12-14-27-15-13-24)25-10-8-23(9-11-25)17-18-4-2-1-3-5-18/h1-7,16H,8-15,17H2. The van der Waals surface area contributed by atoms with Gasteiger partial charge in [0.2, 0.25) is 0 Å². The summed E-state index contributed by atoms with van der Waals surface area (Å²) in [4.78, 5) is 23.8. The maximum Gasteiger partial charge on any atom is 0.272 e. The van der Waals surface area contributed by atoms with Crippen molar-refractivity contribution in [3.63, 3.8) is 0 Å². The lowest BCUT2D eigenvalue weighted by Crippen LogP contribution is -2.48. The van der Waals surface area contributed by atoms with E-state index in [4.69, 9.17) is 4.74 Å². The van der Waals surface area contributed by atoms with Crippen LogP contribution in [0.5, 0.6) is 0 Å². The summed E-state index contributed by atoms with van der Waals surface area (Å²) < 4.78 is 5.41. The maximum atomic E-state index is 12.9. The molecule has 2 fully saturated rings. The fourth-order valence-corrected chi connectivity index (χ4v) is 3.67. The van der Waals surface area contributed by atoms with Crippen molar-refractivity contribution in [1.82, 2.24) is 14.8 Å². The maximum absolute atomic E-state index is 12.9. The van der Waals surface area contributed by atoms with Gasteiger partial charge in [-0.05, 0) is 17.7 Å². The van der Waals surface area contributed by atoms with E-state index < -0.39 is 0 Å². The Balaban J connectivity index is 1.35. The molecule has 142 valence electrons. The molecule has 0 unspecified atom stereocenters. The quantitative estimate of drug-likeness (QED) is 0.827. The summed E-state index contributed by atoms with van der Waals surface area (Å²) >= 11 is 0. The first-order chi connectivity index (χ1) is 13.3. The van der Waals surface area contributed by atoms with E-state index in [1.54, 1.807) is 6.20 Å². The fourth-order valence-electron chi connectivity index (χ4n) is 3.67. The molecule has 4 rings (SSSR count). The summed E-state index contributed by atoms with van der Waals surface area (Å²) in [6.45, 7) is 7.39. The lowest BCUT2D eigenvalue weighted by atomic mass is 10.2. The van der Waals surface area contributed by atoms with Crippen LogP contribution in [0.2, 0.25) is 0 Å². The summed E-state index contributed by atoms with van der Waals surface area (Å²) in [7, 11) is 0. The molecule has 6 heteroatoms. The Hall–Kier alpha value is -2.44. The first-order valence-electron chi connectivity index (χ1n) is 9.64. The van der Waals surface area contributed by atoms with Crippen LogP contribution in [-0.4, -0.2) is 73.2 Å². The Morgan fingerprint density at radius 2 is 1.70 bits per heavy atom. The van der Waals surface area contributed by atoms with Gasteiger partial charge in [0.05, 0.1) is 13.2 Å². The molecule has 0 N–H and O–H groups in total. The Bertz CT molecular complexity index is 754. The Morgan fingerprint density at radius 3 is 2.44 bits per heavy atom. The Morgan fingerprint density at radius 1 is 0.963 bits per heavy atom. The molecule has 2 aliphatic heterocycles. The van der Waals surface area contributed by atoms with Gasteiger partial charge in [0, 0.05) is 57.7 Å². The van der Waals surface area contributed by atoms with Crippen molar-refractivity contribution in [3.8, 4) is 0 Å². The third kappa shape index (κ3) is 4.46. The minimum Gasteiger partial charge on any atom is -0.378 e. The fraction of sp³-hybridized carbons (Fsp3) is 0.429. The van der Waals surface area contributed by atoms with E-state index in [2.05, 4.69) is 39.0 Å². The van der Waals surface area contributed by atoms with E-state index in [1.807, 2.05) is 23.1 Å². The molecular weight excluding hydrogens is 340 g/mol. The van der Waals surface area contributed by atoms with E-state index in [1.165, 1.54) is 5.56 Å². The van der Waals surface area contributed by atoms with Gasteiger partial charge >= 0.3 is 0 Å². The van der Waals surface area contributed by atoms with Gasteiger partial charge in [-0.25, -0.2) is 0 Å². The lowest BCUT2D eigenvalue weighted by molar-refractivity contribution is 0.0622. The van der Waals surface area contributed by atoms with Crippen LogP contribution >= 0.6 is 0 Å². The molecule has 1 aromatic carbocycles. The number of morpholine rings is 1. The number of carbonyl (C=O) groups excluding carboxylic acids is 1. The average Bonchev–Trinajstić information content (AvgIpc) is 2.75. The van der Waals surface area contributed by atoms with Crippen LogP contribution in [0.1, 0.15) is 16.1 Å². The van der Waals surface area contributed by atoms with Gasteiger partial charge in [0.25, 0.3) is 5.91 Å². The molecule has 1 aromatic heterocycles. The third-order valence-corrected chi connectivity index (χ3v) is 5.25. The van der Waals surface area contributed by atoms with Crippen molar-refractivity contribution in [2.24, 2.45) is 0 Å². The molecule has 2 saturated heterocycles. The van der Waals surface area contributed by atoms with Crippen LogP contribution < -0.4 is 4.90 Å². The van der Waals surface area contributed by atoms with E-state index in [9.17, 15) is 4.79 Å². The van der Waals surface area contributed by atoms with Gasteiger partial charge in [0.15, 0.2) is 0 Å². The number of benzene rings is 1. The zero-order chi connectivity index (χ0) is 18.5. The van der Waals surface area contributed by atoms with Crippen LogP contribution in [0.15, 0.2) is 48.7 Å². The number of piperazine rings is 1. The van der Waals surface area contributed by atoms with E-state index in [0.717, 1.165) is 64.7 Å². The van der Waals surface area contributed by atoms with E-state index in [0.29, 0.717) is 5.69 Å². The smallest absolute Gasteiger partial charge is 0.272 e. The highest BCUT2D eigenvalue weighted by molar-refractivity contribution is 5.93. The van der Waals surface area contributed by atoms with Crippen molar-refractivity contribution in [1.29, 1.82) is 0 Å². The lowest BCUT2D eigenvalue weighted by Gasteiger charge is -2.34. The predicted octanol–water partition coefficient (Wildman–Crippen LogP) is 1.88. The normalized spacial score (nSPS) is 18.5. The second-order valence-electron chi connectivity index (χ2n) is 7.05. The number of hydrogen-bond donors (Lipinski definition) is 0. The summed E-state index contributed by atoms with van der Waals surface area (Å²) in [5.74, 6) is 0.0319. The second-order valence-corrected chi connectivity index (χ2v) is 7.05. The molecule has 2 aliphatic rings. The van der Waals surface area contributed by atoms with Crippen LogP contribution in [0.3, 0.4) is 0 Å². The number of amides is 1. The first kappa shape index (κ1) is 17.9. The van der Waals surface area contributed by atoms with Crippen LogP contribution in [0, 0.1) is 0 Å². The van der Waals surface area contributed by atoms with Crippen molar-refractivity contribution in [2.45, 2.75) is 6.54 Å². The van der Waals surface area contributed by atoms with E-state index >= 15 is 0 Å². The number of nitrogens with zero attached hydrogens (tertiary/aromatic N) is 4. The number of pyridine rings is 1. The number of hydrogen-bond acceptors (Lipinski definition) is 5. The average molecular weight is 366 g/mol. The largest absolute Gasteiger partial charge is 0.378 e. The minimum absolute atomic E-state index is 0.0319. The molecule has 27 heavy (non-hydrogen) atoms. The van der Waals surface area contributed by atoms with E-state index in [-0.39, 0.29) is 5.91 Å². The molecule has 0 spiro atoms. The molecule has 3 heterocycles. The van der Waals surface area contributed by atoms with Crippen LogP contribution in [0.4, 0.5) is 5.69 Å². The molecular formula is C21H26N4O2. The summed E-state index contributed by atoms with van der Waals surface area (Å²) in [5.41, 5.74) is 2.91. The zero-order valence-corrected chi connectivity index (χ0v) is 15.6. The molecule has 2 aromatic rings. The highest BCUT2D eigenvalue weighted by atomic mass is 16.5. The van der Waals surface area contributed by atoms with Gasteiger partial charge in [-0.1, -0.05) is 30.3 Å². The number of aromatic nitrogens is 1.